The summed E-state index contributed by atoms with van der Waals surface area (Å²) in [7, 11) is 0. The summed E-state index contributed by atoms with van der Waals surface area (Å²) in [6.07, 6.45) is 6.42. The summed E-state index contributed by atoms with van der Waals surface area (Å²) in [6.45, 7) is 6.85. The molecule has 1 nitrogen and oxygen atoms in total. The molecule has 1 fully saturated rings. The number of hydrogen-bond acceptors (Lipinski definition) is 1. The lowest BCUT2D eigenvalue weighted by molar-refractivity contribution is 0.253. The molecule has 19 heavy (non-hydrogen) atoms. The van der Waals surface area contributed by atoms with Crippen LogP contribution in [0.2, 0.25) is 0 Å². The van der Waals surface area contributed by atoms with Crippen molar-refractivity contribution >= 4 is 0 Å². The fourth-order valence-electron chi connectivity index (χ4n) is 3.19. The zero-order valence-electron chi connectivity index (χ0n) is 12.7. The lowest BCUT2D eigenvalue weighted by Gasteiger charge is -2.30. The zero-order chi connectivity index (χ0) is 13.8. The first-order chi connectivity index (χ1) is 9.06. The van der Waals surface area contributed by atoms with E-state index in [1.54, 1.807) is 0 Å². The third-order valence-corrected chi connectivity index (χ3v) is 4.78. The summed E-state index contributed by atoms with van der Waals surface area (Å²) in [6, 6.07) is 9.39. The average molecular weight is 259 g/mol. The van der Waals surface area contributed by atoms with E-state index in [9.17, 15) is 0 Å². The highest BCUT2D eigenvalue weighted by Crippen LogP contribution is 2.30. The van der Waals surface area contributed by atoms with Crippen LogP contribution in [0, 0.1) is 11.8 Å². The predicted octanol–water partition coefficient (Wildman–Crippen LogP) is 4.51. The molecule has 106 valence electrons. The molecular weight excluding hydrogens is 230 g/mol. The number of benzene rings is 1. The summed E-state index contributed by atoms with van der Waals surface area (Å²) in [5.41, 5.74) is 9.24. The molecule has 0 aliphatic heterocycles. The molecule has 1 unspecified atom stereocenters. The van der Waals surface area contributed by atoms with E-state index >= 15 is 0 Å². The van der Waals surface area contributed by atoms with Gasteiger partial charge in [-0.25, -0.2) is 0 Å². The molecule has 0 radical (unpaired) electrons. The van der Waals surface area contributed by atoms with Crippen molar-refractivity contribution in [3.8, 4) is 0 Å². The van der Waals surface area contributed by atoms with Crippen molar-refractivity contribution in [2.45, 2.75) is 64.8 Å². The van der Waals surface area contributed by atoms with Gasteiger partial charge in [-0.3, -0.25) is 0 Å². The van der Waals surface area contributed by atoms with E-state index in [1.807, 2.05) is 0 Å². The molecule has 0 heterocycles. The quantitative estimate of drug-likeness (QED) is 0.846. The highest BCUT2D eigenvalue weighted by atomic mass is 14.6. The molecule has 1 aromatic rings. The van der Waals surface area contributed by atoms with Crippen LogP contribution in [0.15, 0.2) is 24.3 Å². The van der Waals surface area contributed by atoms with Crippen LogP contribution < -0.4 is 5.73 Å². The van der Waals surface area contributed by atoms with Crippen molar-refractivity contribution in [1.82, 2.24) is 0 Å². The van der Waals surface area contributed by atoms with E-state index in [2.05, 4.69) is 45.0 Å². The van der Waals surface area contributed by atoms with Gasteiger partial charge >= 0.3 is 0 Å². The molecule has 1 saturated carbocycles. The van der Waals surface area contributed by atoms with Crippen molar-refractivity contribution < 1.29 is 0 Å². The van der Waals surface area contributed by atoms with Crippen molar-refractivity contribution in [2.24, 2.45) is 17.6 Å². The predicted molar refractivity (Wildman–Crippen MR) is 83.3 cm³/mol. The van der Waals surface area contributed by atoms with Crippen LogP contribution in [0.3, 0.4) is 0 Å². The molecule has 0 bridgehead atoms. The van der Waals surface area contributed by atoms with Crippen LogP contribution in [-0.4, -0.2) is 6.04 Å². The van der Waals surface area contributed by atoms with Crippen LogP contribution in [-0.2, 0) is 6.42 Å². The van der Waals surface area contributed by atoms with Gasteiger partial charge in [0.15, 0.2) is 0 Å². The van der Waals surface area contributed by atoms with Crippen molar-refractivity contribution in [2.75, 3.05) is 0 Å². The largest absolute Gasteiger partial charge is 0.327 e. The molecule has 0 spiro atoms. The Bertz CT molecular complexity index is 371. The Balaban J connectivity index is 1.89. The average Bonchev–Trinajstić information content (AvgIpc) is 2.40. The Hall–Kier alpha value is -0.820. The highest BCUT2D eigenvalue weighted by molar-refractivity contribution is 5.25. The first kappa shape index (κ1) is 14.6. The Labute approximate surface area is 118 Å². The molecule has 1 aliphatic carbocycles. The fourth-order valence-corrected chi connectivity index (χ4v) is 3.19. The lowest BCUT2D eigenvalue weighted by Crippen LogP contribution is -2.34. The van der Waals surface area contributed by atoms with Crippen LogP contribution >= 0.6 is 0 Å². The summed E-state index contributed by atoms with van der Waals surface area (Å²) in [5.74, 6) is 2.26. The molecule has 1 aromatic carbocycles. The highest BCUT2D eigenvalue weighted by Gasteiger charge is 2.23. The molecule has 0 amide bonds. The van der Waals surface area contributed by atoms with Crippen LogP contribution in [0.5, 0.6) is 0 Å². The van der Waals surface area contributed by atoms with Crippen LogP contribution in [0.25, 0.3) is 0 Å². The van der Waals surface area contributed by atoms with Crippen molar-refractivity contribution in [1.29, 1.82) is 0 Å². The van der Waals surface area contributed by atoms with Gasteiger partial charge in [-0.1, -0.05) is 57.9 Å². The van der Waals surface area contributed by atoms with Gasteiger partial charge in [0.25, 0.3) is 0 Å². The van der Waals surface area contributed by atoms with E-state index < -0.39 is 0 Å². The molecule has 1 atom stereocenters. The van der Waals surface area contributed by atoms with E-state index in [4.69, 9.17) is 5.73 Å². The maximum atomic E-state index is 6.42. The Morgan fingerprint density at radius 3 is 2.16 bits per heavy atom. The second-order valence-electron chi connectivity index (χ2n) is 6.78. The normalized spacial score (nSPS) is 25.5. The Morgan fingerprint density at radius 1 is 1.05 bits per heavy atom. The topological polar surface area (TPSA) is 26.0 Å². The molecule has 0 saturated heterocycles. The molecule has 2 N–H and O–H groups in total. The first-order valence-corrected chi connectivity index (χ1v) is 7.90. The van der Waals surface area contributed by atoms with Crippen LogP contribution in [0.4, 0.5) is 0 Å². The summed E-state index contributed by atoms with van der Waals surface area (Å²) >= 11 is 0. The van der Waals surface area contributed by atoms with Crippen molar-refractivity contribution in [3.63, 3.8) is 0 Å². The summed E-state index contributed by atoms with van der Waals surface area (Å²) in [4.78, 5) is 0. The lowest BCUT2D eigenvalue weighted by atomic mass is 9.78. The van der Waals surface area contributed by atoms with Crippen LogP contribution in [0.1, 0.15) is 63.5 Å². The number of nitrogens with two attached hydrogens (primary N) is 1. The number of rotatable bonds is 4. The van der Waals surface area contributed by atoms with E-state index in [1.165, 1.54) is 36.8 Å². The second kappa shape index (κ2) is 6.56. The molecule has 2 rings (SSSR count). The SMILES string of the molecule is CC1CCC(C(N)Cc2ccc(C(C)C)cc2)CC1. The van der Waals surface area contributed by atoms with Gasteiger partial charge < -0.3 is 5.73 Å². The zero-order valence-corrected chi connectivity index (χ0v) is 12.7. The van der Waals surface area contributed by atoms with Gasteiger partial charge in [-0.05, 0) is 48.1 Å². The molecule has 1 heteroatoms. The van der Waals surface area contributed by atoms with E-state index in [0.29, 0.717) is 12.0 Å². The maximum absolute atomic E-state index is 6.42. The monoisotopic (exact) mass is 259 g/mol. The Kier molecular flexibility index (Phi) is 5.04. The Morgan fingerprint density at radius 2 is 1.63 bits per heavy atom. The third-order valence-electron chi connectivity index (χ3n) is 4.78. The van der Waals surface area contributed by atoms with Gasteiger partial charge in [0.05, 0.1) is 0 Å². The van der Waals surface area contributed by atoms with E-state index in [-0.39, 0.29) is 0 Å². The minimum Gasteiger partial charge on any atom is -0.327 e. The molecule has 0 aromatic heterocycles. The fraction of sp³-hybridized carbons (Fsp3) is 0.667. The van der Waals surface area contributed by atoms with Gasteiger partial charge in [0.2, 0.25) is 0 Å². The van der Waals surface area contributed by atoms with Gasteiger partial charge in [0.1, 0.15) is 0 Å². The first-order valence-electron chi connectivity index (χ1n) is 7.90. The summed E-state index contributed by atoms with van der Waals surface area (Å²) < 4.78 is 0. The molecular formula is C18H29N. The second-order valence-corrected chi connectivity index (χ2v) is 6.78. The third kappa shape index (κ3) is 4.07. The smallest absolute Gasteiger partial charge is 0.0108 e. The number of hydrogen-bond donors (Lipinski definition) is 1. The van der Waals surface area contributed by atoms with Gasteiger partial charge in [-0.2, -0.15) is 0 Å². The molecule has 1 aliphatic rings. The standard InChI is InChI=1S/C18H29N/c1-13(2)16-10-6-15(7-11-16)12-18(19)17-8-4-14(3)5-9-17/h6-7,10-11,13-14,17-18H,4-5,8-9,12,19H2,1-3H3. The van der Waals surface area contributed by atoms with Gasteiger partial charge in [-0.15, -0.1) is 0 Å². The van der Waals surface area contributed by atoms with E-state index in [0.717, 1.165) is 18.3 Å². The minimum atomic E-state index is 0.345. The maximum Gasteiger partial charge on any atom is 0.0108 e. The summed E-state index contributed by atoms with van der Waals surface area (Å²) in [5, 5.41) is 0. The van der Waals surface area contributed by atoms with Gasteiger partial charge in [0, 0.05) is 6.04 Å². The van der Waals surface area contributed by atoms with Crippen molar-refractivity contribution in [3.05, 3.63) is 35.4 Å². The minimum absolute atomic E-state index is 0.345.